The largest absolute Gasteiger partial charge is 0.497 e. The van der Waals surface area contributed by atoms with Gasteiger partial charge in [-0.1, -0.05) is 66.7 Å². The van der Waals surface area contributed by atoms with Gasteiger partial charge in [-0.25, -0.2) is 8.42 Å². The van der Waals surface area contributed by atoms with Crippen molar-refractivity contribution in [3.8, 4) is 5.75 Å². The van der Waals surface area contributed by atoms with Crippen LogP contribution in [0.25, 0.3) is 10.8 Å². The summed E-state index contributed by atoms with van der Waals surface area (Å²) in [6, 6.07) is 27.7. The summed E-state index contributed by atoms with van der Waals surface area (Å²) in [4.78, 5) is 0.231. The highest BCUT2D eigenvalue weighted by Crippen LogP contribution is 2.28. The molecule has 0 aliphatic rings. The molecule has 0 fully saturated rings. The highest BCUT2D eigenvalue weighted by molar-refractivity contribution is 7.89. The fraction of sp³-hybridized carbons (Fsp3) is 0.120. The number of rotatable bonds is 6. The molecule has 30 heavy (non-hydrogen) atoms. The Balaban J connectivity index is 1.75. The van der Waals surface area contributed by atoms with Crippen LogP contribution in [0.1, 0.15) is 22.7 Å². The summed E-state index contributed by atoms with van der Waals surface area (Å²) >= 11 is 0. The summed E-state index contributed by atoms with van der Waals surface area (Å²) in [6.45, 7) is 1.99. The van der Waals surface area contributed by atoms with Crippen LogP contribution in [0.2, 0.25) is 0 Å². The normalized spacial score (nSPS) is 12.6. The molecule has 0 saturated carbocycles. The van der Waals surface area contributed by atoms with Crippen LogP contribution in [-0.4, -0.2) is 15.5 Å². The fourth-order valence-corrected chi connectivity index (χ4v) is 4.83. The Morgan fingerprint density at radius 1 is 0.800 bits per heavy atom. The van der Waals surface area contributed by atoms with Crippen LogP contribution in [0, 0.1) is 6.92 Å². The molecule has 0 aliphatic heterocycles. The van der Waals surface area contributed by atoms with Gasteiger partial charge >= 0.3 is 0 Å². The average Bonchev–Trinajstić information content (AvgIpc) is 2.78. The van der Waals surface area contributed by atoms with Gasteiger partial charge in [0.1, 0.15) is 5.75 Å². The van der Waals surface area contributed by atoms with Crippen LogP contribution in [-0.2, 0) is 10.0 Å². The molecule has 152 valence electrons. The number of hydrogen-bond donors (Lipinski definition) is 1. The molecule has 0 unspecified atom stereocenters. The van der Waals surface area contributed by atoms with Crippen LogP contribution >= 0.6 is 0 Å². The Bertz CT molecular complexity index is 1280. The van der Waals surface area contributed by atoms with E-state index >= 15 is 0 Å². The van der Waals surface area contributed by atoms with Gasteiger partial charge in [0.2, 0.25) is 10.0 Å². The molecule has 0 spiro atoms. The lowest BCUT2D eigenvalue weighted by Crippen LogP contribution is -2.30. The predicted molar refractivity (Wildman–Crippen MR) is 120 cm³/mol. The van der Waals surface area contributed by atoms with Crippen LogP contribution in [0.4, 0.5) is 0 Å². The SMILES string of the molecule is COc1ccc2cc(S(=O)(=O)N[C@@H](c3ccccc3)c3ccccc3C)ccc2c1. The van der Waals surface area contributed by atoms with Crippen LogP contribution < -0.4 is 9.46 Å². The standard InChI is InChI=1S/C25H23NO3S/c1-18-8-6-7-11-24(18)25(19-9-4-3-5-10-19)26-30(27,28)23-15-13-20-16-22(29-2)14-12-21(20)17-23/h3-17,25-26H,1-2H3/t25-/m0/s1. The molecule has 4 aromatic rings. The summed E-state index contributed by atoms with van der Waals surface area (Å²) in [5.41, 5.74) is 2.85. The maximum absolute atomic E-state index is 13.3. The lowest BCUT2D eigenvalue weighted by atomic mass is 9.96. The molecular weight excluding hydrogens is 394 g/mol. The van der Waals surface area contributed by atoms with E-state index in [1.54, 1.807) is 25.3 Å². The number of methoxy groups -OCH3 is 1. The minimum Gasteiger partial charge on any atom is -0.497 e. The first-order valence-corrected chi connectivity index (χ1v) is 11.2. The smallest absolute Gasteiger partial charge is 0.241 e. The highest BCUT2D eigenvalue weighted by Gasteiger charge is 2.24. The minimum atomic E-state index is -3.76. The molecule has 0 amide bonds. The van der Waals surface area contributed by atoms with Gasteiger partial charge in [-0.05, 0) is 58.7 Å². The first-order valence-electron chi connectivity index (χ1n) is 9.68. The van der Waals surface area contributed by atoms with E-state index in [-0.39, 0.29) is 4.90 Å². The third kappa shape index (κ3) is 4.08. The molecule has 0 radical (unpaired) electrons. The molecule has 4 rings (SSSR count). The summed E-state index contributed by atoms with van der Waals surface area (Å²) < 4.78 is 34.8. The van der Waals surface area contributed by atoms with Crippen molar-refractivity contribution in [3.05, 3.63) is 108 Å². The summed E-state index contributed by atoms with van der Waals surface area (Å²) in [6.07, 6.45) is 0. The molecule has 4 nitrogen and oxygen atoms in total. The molecule has 0 aliphatic carbocycles. The second-order valence-corrected chi connectivity index (χ2v) is 8.91. The van der Waals surface area contributed by atoms with Crippen molar-refractivity contribution in [2.45, 2.75) is 17.9 Å². The number of sulfonamides is 1. The minimum absolute atomic E-state index is 0.231. The fourth-order valence-electron chi connectivity index (χ4n) is 3.59. The number of benzene rings is 4. The van der Waals surface area contributed by atoms with E-state index in [0.29, 0.717) is 0 Å². The third-order valence-electron chi connectivity index (χ3n) is 5.23. The van der Waals surface area contributed by atoms with Gasteiger partial charge in [0.25, 0.3) is 0 Å². The Morgan fingerprint density at radius 2 is 1.47 bits per heavy atom. The third-order valence-corrected chi connectivity index (χ3v) is 6.66. The van der Waals surface area contributed by atoms with Crippen LogP contribution in [0.5, 0.6) is 5.75 Å². The van der Waals surface area contributed by atoms with Crippen molar-refractivity contribution in [2.75, 3.05) is 7.11 Å². The molecule has 1 N–H and O–H groups in total. The van der Waals surface area contributed by atoms with Crippen molar-refractivity contribution in [1.29, 1.82) is 0 Å². The maximum atomic E-state index is 13.3. The lowest BCUT2D eigenvalue weighted by Gasteiger charge is -2.22. The summed E-state index contributed by atoms with van der Waals surface area (Å²) in [5, 5.41) is 1.76. The zero-order valence-electron chi connectivity index (χ0n) is 16.9. The molecule has 0 aromatic heterocycles. The van der Waals surface area contributed by atoms with Gasteiger partial charge in [-0.2, -0.15) is 4.72 Å². The highest BCUT2D eigenvalue weighted by atomic mass is 32.2. The lowest BCUT2D eigenvalue weighted by molar-refractivity contribution is 0.415. The monoisotopic (exact) mass is 417 g/mol. The van der Waals surface area contributed by atoms with Gasteiger partial charge in [-0.15, -0.1) is 0 Å². The molecule has 4 aromatic carbocycles. The van der Waals surface area contributed by atoms with Gasteiger partial charge in [0, 0.05) is 0 Å². The van der Waals surface area contributed by atoms with E-state index in [4.69, 9.17) is 4.74 Å². The molecule has 0 heterocycles. The van der Waals surface area contributed by atoms with Gasteiger partial charge < -0.3 is 4.74 Å². The molecule has 0 bridgehead atoms. The zero-order valence-corrected chi connectivity index (χ0v) is 17.7. The van der Waals surface area contributed by atoms with Crippen molar-refractivity contribution in [2.24, 2.45) is 0 Å². The molecular formula is C25H23NO3S. The summed E-state index contributed by atoms with van der Waals surface area (Å²) in [5.74, 6) is 0.736. The van der Waals surface area contributed by atoms with Gasteiger partial charge in [-0.3, -0.25) is 0 Å². The molecule has 0 saturated heterocycles. The Labute approximate surface area is 177 Å². The topological polar surface area (TPSA) is 55.4 Å². The second-order valence-electron chi connectivity index (χ2n) is 7.20. The van der Waals surface area contributed by atoms with Crippen molar-refractivity contribution >= 4 is 20.8 Å². The number of nitrogens with one attached hydrogen (secondary N) is 1. The Hall–Kier alpha value is -3.15. The van der Waals surface area contributed by atoms with E-state index in [1.165, 1.54) is 0 Å². The number of aryl methyl sites for hydroxylation is 1. The van der Waals surface area contributed by atoms with Crippen molar-refractivity contribution < 1.29 is 13.2 Å². The van der Waals surface area contributed by atoms with Crippen LogP contribution in [0.3, 0.4) is 0 Å². The number of hydrogen-bond acceptors (Lipinski definition) is 3. The van der Waals surface area contributed by atoms with Crippen molar-refractivity contribution in [3.63, 3.8) is 0 Å². The van der Waals surface area contributed by atoms with E-state index in [1.807, 2.05) is 79.7 Å². The van der Waals surface area contributed by atoms with E-state index in [2.05, 4.69) is 4.72 Å². The zero-order chi connectivity index (χ0) is 21.1. The van der Waals surface area contributed by atoms with E-state index in [0.717, 1.165) is 33.2 Å². The summed E-state index contributed by atoms with van der Waals surface area (Å²) in [7, 11) is -2.15. The number of fused-ring (bicyclic) bond motifs is 1. The first-order chi connectivity index (χ1) is 14.5. The number of ether oxygens (including phenoxy) is 1. The molecule has 1 atom stereocenters. The Kier molecular flexibility index (Phi) is 5.57. The maximum Gasteiger partial charge on any atom is 0.241 e. The molecule has 5 heteroatoms. The van der Waals surface area contributed by atoms with E-state index < -0.39 is 16.1 Å². The first kappa shape index (κ1) is 20.1. The quantitative estimate of drug-likeness (QED) is 0.468. The van der Waals surface area contributed by atoms with E-state index in [9.17, 15) is 8.42 Å². The second kappa shape index (κ2) is 8.30. The van der Waals surface area contributed by atoms with Crippen LogP contribution in [0.15, 0.2) is 95.9 Å². The average molecular weight is 418 g/mol. The predicted octanol–water partition coefficient (Wildman–Crippen LogP) is 5.22. The van der Waals surface area contributed by atoms with Crippen molar-refractivity contribution in [1.82, 2.24) is 4.72 Å². The Morgan fingerprint density at radius 3 is 2.20 bits per heavy atom. The van der Waals surface area contributed by atoms with Gasteiger partial charge in [0.15, 0.2) is 0 Å². The van der Waals surface area contributed by atoms with Gasteiger partial charge in [0.05, 0.1) is 18.0 Å².